The van der Waals surface area contributed by atoms with Crippen LogP contribution < -0.4 is 4.80 Å². The van der Waals surface area contributed by atoms with Crippen molar-refractivity contribution in [3.63, 3.8) is 0 Å². The van der Waals surface area contributed by atoms with Crippen LogP contribution in [0.25, 0.3) is 16.3 Å². The van der Waals surface area contributed by atoms with Gasteiger partial charge in [0.15, 0.2) is 5.82 Å². The van der Waals surface area contributed by atoms with Crippen molar-refractivity contribution in [3.8, 4) is 11.4 Å². The highest BCUT2D eigenvalue weighted by Crippen LogP contribution is 2.20. The Labute approximate surface area is 169 Å². The molecular formula is C21H14N6OS. The van der Waals surface area contributed by atoms with Gasteiger partial charge in [-0.05, 0) is 24.3 Å². The van der Waals surface area contributed by atoms with Crippen LogP contribution >= 0.6 is 11.3 Å². The zero-order valence-electron chi connectivity index (χ0n) is 15.1. The molecule has 0 aliphatic carbocycles. The summed E-state index contributed by atoms with van der Waals surface area (Å²) < 4.78 is 3.23. The quantitative estimate of drug-likeness (QED) is 0.465. The number of rotatable bonds is 3. The molecule has 29 heavy (non-hydrogen) atoms. The SMILES string of the molecule is O=C(c1ccncc1)n1c(=Nc2ccccc2)sc2nnc(-c3ccccc3)n21. The Kier molecular flexibility index (Phi) is 4.30. The predicted molar refractivity (Wildman–Crippen MR) is 110 cm³/mol. The zero-order chi connectivity index (χ0) is 19.6. The van der Waals surface area contributed by atoms with E-state index >= 15 is 0 Å². The molecule has 0 saturated heterocycles. The van der Waals surface area contributed by atoms with E-state index in [2.05, 4.69) is 20.2 Å². The molecule has 2 aromatic carbocycles. The minimum Gasteiger partial charge on any atom is -0.267 e. The Hall–Kier alpha value is -3.91. The first-order valence-corrected chi connectivity index (χ1v) is 9.70. The van der Waals surface area contributed by atoms with Crippen molar-refractivity contribution in [2.24, 2.45) is 4.99 Å². The Morgan fingerprint density at radius 1 is 0.862 bits per heavy atom. The summed E-state index contributed by atoms with van der Waals surface area (Å²) in [5.41, 5.74) is 2.12. The topological polar surface area (TPSA) is 77.4 Å². The van der Waals surface area contributed by atoms with E-state index in [1.54, 1.807) is 29.0 Å². The molecule has 0 atom stereocenters. The highest BCUT2D eigenvalue weighted by molar-refractivity contribution is 7.14. The number of hydrogen-bond donors (Lipinski definition) is 0. The van der Waals surface area contributed by atoms with Crippen molar-refractivity contribution in [1.82, 2.24) is 24.4 Å². The largest absolute Gasteiger partial charge is 0.279 e. The van der Waals surface area contributed by atoms with Gasteiger partial charge in [-0.15, -0.1) is 10.2 Å². The van der Waals surface area contributed by atoms with Gasteiger partial charge in [0.05, 0.1) is 5.69 Å². The van der Waals surface area contributed by atoms with Crippen LogP contribution in [0.5, 0.6) is 0 Å². The number of aromatic nitrogens is 5. The first kappa shape index (κ1) is 17.2. The van der Waals surface area contributed by atoms with E-state index in [0.29, 0.717) is 21.2 Å². The molecule has 0 fully saturated rings. The smallest absolute Gasteiger partial charge is 0.267 e. The summed E-state index contributed by atoms with van der Waals surface area (Å²) in [7, 11) is 0. The molecule has 0 amide bonds. The van der Waals surface area contributed by atoms with Gasteiger partial charge < -0.3 is 0 Å². The molecule has 0 N–H and O–H groups in total. The lowest BCUT2D eigenvalue weighted by molar-refractivity contribution is 0.0936. The second-order valence-electron chi connectivity index (χ2n) is 6.17. The molecule has 0 unspecified atom stereocenters. The average Bonchev–Trinajstić information content (AvgIpc) is 3.34. The van der Waals surface area contributed by atoms with Crippen molar-refractivity contribution in [1.29, 1.82) is 0 Å². The van der Waals surface area contributed by atoms with Crippen LogP contribution in [0.3, 0.4) is 0 Å². The van der Waals surface area contributed by atoms with Gasteiger partial charge in [-0.3, -0.25) is 9.78 Å². The van der Waals surface area contributed by atoms with Crippen LogP contribution in [-0.4, -0.2) is 30.3 Å². The molecule has 8 heteroatoms. The standard InChI is InChI=1S/C21H14N6OS/c28-19(16-11-13-22-14-12-16)27-20(23-17-9-5-2-6-10-17)29-21-25-24-18(26(21)27)15-7-3-1-4-8-15/h1-14H. The van der Waals surface area contributed by atoms with Crippen LogP contribution in [0, 0.1) is 0 Å². The van der Waals surface area contributed by atoms with Gasteiger partial charge in [-0.25, -0.2) is 4.99 Å². The molecule has 0 saturated carbocycles. The molecule has 5 aromatic rings. The second-order valence-corrected chi connectivity index (χ2v) is 7.10. The number of carbonyl (C=O) groups excluding carboxylic acids is 1. The summed E-state index contributed by atoms with van der Waals surface area (Å²) in [4.78, 5) is 23.2. The molecule has 0 bridgehead atoms. The third-order valence-electron chi connectivity index (χ3n) is 4.31. The third-order valence-corrected chi connectivity index (χ3v) is 5.19. The van der Waals surface area contributed by atoms with Crippen LogP contribution in [0.1, 0.15) is 10.4 Å². The molecule has 140 valence electrons. The fraction of sp³-hybridized carbons (Fsp3) is 0. The molecule has 5 rings (SSSR count). The Balaban J connectivity index is 1.81. The number of fused-ring (bicyclic) bond motifs is 1. The van der Waals surface area contributed by atoms with Crippen LogP contribution in [0.15, 0.2) is 90.2 Å². The van der Waals surface area contributed by atoms with E-state index in [1.807, 2.05) is 60.7 Å². The maximum atomic E-state index is 13.4. The van der Waals surface area contributed by atoms with Gasteiger partial charge in [-0.2, -0.15) is 9.20 Å². The summed E-state index contributed by atoms with van der Waals surface area (Å²) in [6, 6.07) is 22.5. The average molecular weight is 398 g/mol. The van der Waals surface area contributed by atoms with Gasteiger partial charge >= 0.3 is 0 Å². The summed E-state index contributed by atoms with van der Waals surface area (Å²) in [6.45, 7) is 0. The van der Waals surface area contributed by atoms with Crippen LogP contribution in [-0.2, 0) is 0 Å². The minimum absolute atomic E-state index is 0.231. The lowest BCUT2D eigenvalue weighted by Crippen LogP contribution is -2.28. The lowest BCUT2D eigenvalue weighted by atomic mass is 10.2. The van der Waals surface area contributed by atoms with E-state index in [0.717, 1.165) is 11.3 Å². The van der Waals surface area contributed by atoms with Crippen molar-refractivity contribution in [2.45, 2.75) is 0 Å². The number of para-hydroxylation sites is 1. The molecule has 0 aliphatic rings. The molecule has 0 spiro atoms. The lowest BCUT2D eigenvalue weighted by Gasteiger charge is -2.06. The number of hydrogen-bond acceptors (Lipinski definition) is 6. The summed E-state index contributed by atoms with van der Waals surface area (Å²) in [5, 5.41) is 8.59. The van der Waals surface area contributed by atoms with Crippen molar-refractivity contribution < 1.29 is 4.79 Å². The van der Waals surface area contributed by atoms with Crippen LogP contribution in [0.2, 0.25) is 0 Å². The molecule has 0 radical (unpaired) electrons. The zero-order valence-corrected chi connectivity index (χ0v) is 15.9. The highest BCUT2D eigenvalue weighted by Gasteiger charge is 2.20. The molecular weight excluding hydrogens is 384 g/mol. The van der Waals surface area contributed by atoms with Gasteiger partial charge in [0.1, 0.15) is 0 Å². The highest BCUT2D eigenvalue weighted by atomic mass is 32.1. The molecule has 0 aliphatic heterocycles. The van der Waals surface area contributed by atoms with E-state index in [-0.39, 0.29) is 5.91 Å². The Bertz CT molecular complexity index is 1350. The van der Waals surface area contributed by atoms with E-state index < -0.39 is 0 Å². The van der Waals surface area contributed by atoms with Gasteiger partial charge in [0.25, 0.3) is 5.91 Å². The van der Waals surface area contributed by atoms with E-state index in [1.165, 1.54) is 16.0 Å². The summed E-state index contributed by atoms with van der Waals surface area (Å²) in [6.07, 6.45) is 3.19. The van der Waals surface area contributed by atoms with Crippen LogP contribution in [0.4, 0.5) is 5.69 Å². The molecule has 3 aromatic heterocycles. The van der Waals surface area contributed by atoms with Gasteiger partial charge in [-0.1, -0.05) is 59.9 Å². The Morgan fingerprint density at radius 3 is 2.28 bits per heavy atom. The maximum Gasteiger partial charge on any atom is 0.279 e. The van der Waals surface area contributed by atoms with Crippen molar-refractivity contribution >= 4 is 27.9 Å². The maximum absolute atomic E-state index is 13.4. The number of pyridine rings is 1. The summed E-state index contributed by atoms with van der Waals surface area (Å²) >= 11 is 1.31. The Morgan fingerprint density at radius 2 is 1.55 bits per heavy atom. The predicted octanol–water partition coefficient (Wildman–Crippen LogP) is 3.58. The third kappa shape index (κ3) is 3.15. The summed E-state index contributed by atoms with van der Waals surface area (Å²) in [5.74, 6) is 0.346. The monoisotopic (exact) mass is 398 g/mol. The number of benzene rings is 2. The van der Waals surface area contributed by atoms with E-state index in [4.69, 9.17) is 0 Å². The van der Waals surface area contributed by atoms with Gasteiger partial charge in [0.2, 0.25) is 9.76 Å². The number of carbonyl (C=O) groups is 1. The minimum atomic E-state index is -0.231. The van der Waals surface area contributed by atoms with Crippen molar-refractivity contribution in [2.75, 3.05) is 0 Å². The van der Waals surface area contributed by atoms with E-state index in [9.17, 15) is 4.79 Å². The molecule has 3 heterocycles. The van der Waals surface area contributed by atoms with Crippen molar-refractivity contribution in [3.05, 3.63) is 95.6 Å². The second kappa shape index (κ2) is 7.25. The normalized spacial score (nSPS) is 11.8. The fourth-order valence-corrected chi connectivity index (χ4v) is 3.87. The molecule has 7 nitrogen and oxygen atoms in total. The first-order chi connectivity index (χ1) is 14.3. The van der Waals surface area contributed by atoms with Gasteiger partial charge in [0, 0.05) is 23.5 Å². The first-order valence-electron chi connectivity index (χ1n) is 8.88. The fourth-order valence-electron chi connectivity index (χ4n) is 2.96. The number of nitrogens with zero attached hydrogens (tertiary/aromatic N) is 6.